The van der Waals surface area contributed by atoms with Crippen LogP contribution in [0.1, 0.15) is 21.8 Å². The molecule has 1 amide bonds. The lowest BCUT2D eigenvalue weighted by Crippen LogP contribution is -2.09. The maximum Gasteiger partial charge on any atom is 0.274 e. The number of anilines is 1. The molecule has 0 spiro atoms. The van der Waals surface area contributed by atoms with E-state index in [0.717, 1.165) is 16.3 Å². The number of nitrogens with zero attached hydrogens (tertiary/aromatic N) is 2. The molecule has 0 saturated carbocycles. The van der Waals surface area contributed by atoms with Gasteiger partial charge in [0.1, 0.15) is 12.4 Å². The molecular weight excluding hydrogens is 390 g/mol. The summed E-state index contributed by atoms with van der Waals surface area (Å²) in [7, 11) is 0. The highest BCUT2D eigenvalue weighted by atomic mass is 32.1. The fourth-order valence-electron chi connectivity index (χ4n) is 2.64. The predicted octanol–water partition coefficient (Wildman–Crippen LogP) is 4.90. The Morgan fingerprint density at radius 3 is 2.79 bits per heavy atom. The maximum absolute atomic E-state index is 12.2. The minimum atomic E-state index is -0.473. The largest absolute Gasteiger partial charge is 0.487 e. The topological polar surface area (TPSA) is 94.4 Å². The zero-order valence-corrected chi connectivity index (χ0v) is 16.7. The van der Waals surface area contributed by atoms with Gasteiger partial charge in [0.15, 0.2) is 0 Å². The summed E-state index contributed by atoms with van der Waals surface area (Å²) in [6, 6.07) is 11.9. The highest BCUT2D eigenvalue weighted by Crippen LogP contribution is 2.25. The van der Waals surface area contributed by atoms with Crippen LogP contribution in [0, 0.1) is 24.0 Å². The molecule has 2 aromatic carbocycles. The van der Waals surface area contributed by atoms with Gasteiger partial charge in [0, 0.05) is 17.5 Å². The number of hydrogen-bond acceptors (Lipinski definition) is 6. The van der Waals surface area contributed by atoms with Gasteiger partial charge < -0.3 is 10.1 Å². The van der Waals surface area contributed by atoms with Crippen LogP contribution < -0.4 is 10.1 Å². The fourth-order valence-corrected chi connectivity index (χ4v) is 3.24. The molecule has 0 aliphatic carbocycles. The smallest absolute Gasteiger partial charge is 0.274 e. The molecule has 0 unspecified atom stereocenters. The lowest BCUT2D eigenvalue weighted by atomic mass is 10.1. The zero-order valence-electron chi connectivity index (χ0n) is 15.9. The summed E-state index contributed by atoms with van der Waals surface area (Å²) in [6.45, 7) is 3.92. The highest BCUT2D eigenvalue weighted by Gasteiger charge is 2.13. The summed E-state index contributed by atoms with van der Waals surface area (Å²) >= 11 is 1.57. The summed E-state index contributed by atoms with van der Waals surface area (Å²) in [5.74, 6) is 0.297. The molecule has 1 N–H and O–H groups in total. The summed E-state index contributed by atoms with van der Waals surface area (Å²) in [5.41, 5.74) is 2.45. The van der Waals surface area contributed by atoms with Crippen LogP contribution in [0.3, 0.4) is 0 Å². The molecule has 1 heterocycles. The van der Waals surface area contributed by atoms with E-state index in [-0.39, 0.29) is 11.6 Å². The van der Waals surface area contributed by atoms with E-state index in [1.54, 1.807) is 30.4 Å². The highest BCUT2D eigenvalue weighted by molar-refractivity contribution is 7.09. The SMILES string of the molecule is Cc1nc(COc2cccc(/C=C/C(=O)Nc3cccc([N+](=O)[O-])c3C)c2)cs1. The Hall–Kier alpha value is -3.52. The number of rotatable bonds is 7. The summed E-state index contributed by atoms with van der Waals surface area (Å²) < 4.78 is 5.75. The molecule has 3 rings (SSSR count). The van der Waals surface area contributed by atoms with Crippen molar-refractivity contribution >= 4 is 34.7 Å². The Morgan fingerprint density at radius 2 is 2.07 bits per heavy atom. The van der Waals surface area contributed by atoms with Crippen LogP contribution in [0.2, 0.25) is 0 Å². The molecule has 0 aliphatic rings. The van der Waals surface area contributed by atoms with E-state index >= 15 is 0 Å². The third-order valence-corrected chi connectivity index (χ3v) is 4.92. The van der Waals surface area contributed by atoms with Crippen molar-refractivity contribution in [2.45, 2.75) is 20.5 Å². The van der Waals surface area contributed by atoms with Crippen LogP contribution in [-0.2, 0) is 11.4 Å². The number of nitro groups is 1. The van der Waals surface area contributed by atoms with E-state index in [2.05, 4.69) is 10.3 Å². The Bertz CT molecular complexity index is 1080. The molecule has 0 fully saturated rings. The Balaban J connectivity index is 1.63. The van der Waals surface area contributed by atoms with Gasteiger partial charge in [-0.2, -0.15) is 0 Å². The van der Waals surface area contributed by atoms with E-state index in [4.69, 9.17) is 4.74 Å². The van der Waals surface area contributed by atoms with Crippen molar-refractivity contribution in [2.75, 3.05) is 5.32 Å². The number of aromatic nitrogens is 1. The van der Waals surface area contributed by atoms with Crippen molar-refractivity contribution < 1.29 is 14.5 Å². The number of nitro benzene ring substituents is 1. The fraction of sp³-hybridized carbons (Fsp3) is 0.143. The first-order valence-electron chi connectivity index (χ1n) is 8.79. The predicted molar refractivity (Wildman–Crippen MR) is 113 cm³/mol. The first kappa shape index (κ1) is 20.2. The normalized spacial score (nSPS) is 10.8. The second-order valence-corrected chi connectivity index (χ2v) is 7.31. The molecule has 0 radical (unpaired) electrons. The van der Waals surface area contributed by atoms with Crippen molar-refractivity contribution in [3.63, 3.8) is 0 Å². The van der Waals surface area contributed by atoms with Crippen LogP contribution in [0.25, 0.3) is 6.08 Å². The van der Waals surface area contributed by atoms with Crippen LogP contribution in [0.5, 0.6) is 5.75 Å². The molecule has 7 nitrogen and oxygen atoms in total. The number of thiazole rings is 1. The summed E-state index contributed by atoms with van der Waals surface area (Å²) in [6.07, 6.45) is 3.03. The van der Waals surface area contributed by atoms with Crippen molar-refractivity contribution in [1.82, 2.24) is 4.98 Å². The summed E-state index contributed by atoms with van der Waals surface area (Å²) in [4.78, 5) is 27.1. The van der Waals surface area contributed by atoms with Crippen LogP contribution >= 0.6 is 11.3 Å². The van der Waals surface area contributed by atoms with Crippen molar-refractivity contribution in [1.29, 1.82) is 0 Å². The second kappa shape index (κ2) is 9.11. The third kappa shape index (κ3) is 5.49. The number of benzene rings is 2. The number of carbonyl (C=O) groups is 1. The van der Waals surface area contributed by atoms with Gasteiger partial charge >= 0.3 is 0 Å². The van der Waals surface area contributed by atoms with Gasteiger partial charge in [-0.3, -0.25) is 14.9 Å². The first-order valence-corrected chi connectivity index (χ1v) is 9.67. The monoisotopic (exact) mass is 409 g/mol. The standard InChI is InChI=1S/C21H19N3O4S/c1-14-19(7-4-8-20(14)24(26)27)23-21(25)10-9-16-5-3-6-18(11-16)28-12-17-13-29-15(2)22-17/h3-11,13H,12H2,1-2H3,(H,23,25)/b10-9+. The molecule has 148 valence electrons. The van der Waals surface area contributed by atoms with Crippen LogP contribution in [0.4, 0.5) is 11.4 Å². The van der Waals surface area contributed by atoms with Gasteiger partial charge in [0.05, 0.1) is 26.9 Å². The lowest BCUT2D eigenvalue weighted by Gasteiger charge is -2.07. The average Bonchev–Trinajstić information content (AvgIpc) is 3.12. The van der Waals surface area contributed by atoms with Crippen molar-refractivity contribution in [3.8, 4) is 5.75 Å². The Kier molecular flexibility index (Phi) is 6.36. The maximum atomic E-state index is 12.2. The molecule has 3 aromatic rings. The van der Waals surface area contributed by atoms with Crippen molar-refractivity contribution in [2.24, 2.45) is 0 Å². The quantitative estimate of drug-likeness (QED) is 0.340. The molecule has 29 heavy (non-hydrogen) atoms. The molecular formula is C21H19N3O4S. The van der Waals surface area contributed by atoms with Gasteiger partial charge in [-0.05, 0) is 43.7 Å². The van der Waals surface area contributed by atoms with E-state index in [9.17, 15) is 14.9 Å². The van der Waals surface area contributed by atoms with E-state index in [1.807, 2.05) is 36.6 Å². The number of aryl methyl sites for hydroxylation is 1. The third-order valence-electron chi connectivity index (χ3n) is 4.10. The number of ether oxygens (including phenoxy) is 1. The van der Waals surface area contributed by atoms with E-state index < -0.39 is 4.92 Å². The molecule has 1 aromatic heterocycles. The Labute approximate surface area is 171 Å². The minimum absolute atomic E-state index is 0.0352. The zero-order chi connectivity index (χ0) is 20.8. The van der Waals surface area contributed by atoms with Gasteiger partial charge in [0.2, 0.25) is 5.91 Å². The Morgan fingerprint density at radius 1 is 1.28 bits per heavy atom. The van der Waals surface area contributed by atoms with E-state index in [0.29, 0.717) is 23.6 Å². The number of amides is 1. The minimum Gasteiger partial charge on any atom is -0.487 e. The van der Waals surface area contributed by atoms with E-state index in [1.165, 1.54) is 18.2 Å². The number of nitrogens with one attached hydrogen (secondary N) is 1. The van der Waals surface area contributed by atoms with Gasteiger partial charge in [-0.15, -0.1) is 11.3 Å². The first-order chi connectivity index (χ1) is 13.9. The molecule has 0 aliphatic heterocycles. The van der Waals surface area contributed by atoms with Crippen LogP contribution in [-0.4, -0.2) is 15.8 Å². The molecule has 8 heteroatoms. The lowest BCUT2D eigenvalue weighted by molar-refractivity contribution is -0.385. The van der Waals surface area contributed by atoms with Gasteiger partial charge in [-0.1, -0.05) is 18.2 Å². The molecule has 0 saturated heterocycles. The second-order valence-electron chi connectivity index (χ2n) is 6.25. The molecule has 0 atom stereocenters. The molecule has 0 bridgehead atoms. The van der Waals surface area contributed by atoms with Crippen LogP contribution in [0.15, 0.2) is 53.9 Å². The number of carbonyl (C=O) groups excluding carboxylic acids is 1. The average molecular weight is 409 g/mol. The van der Waals surface area contributed by atoms with Crippen molar-refractivity contribution in [3.05, 3.63) is 85.9 Å². The van der Waals surface area contributed by atoms with Gasteiger partial charge in [0.25, 0.3) is 5.69 Å². The number of hydrogen-bond donors (Lipinski definition) is 1. The van der Waals surface area contributed by atoms with Gasteiger partial charge in [-0.25, -0.2) is 4.98 Å². The summed E-state index contributed by atoms with van der Waals surface area (Å²) in [5, 5.41) is 16.6.